The summed E-state index contributed by atoms with van der Waals surface area (Å²) in [5.41, 5.74) is 23.1. The van der Waals surface area contributed by atoms with Crippen molar-refractivity contribution in [3.63, 3.8) is 0 Å². The summed E-state index contributed by atoms with van der Waals surface area (Å²) in [6.07, 6.45) is 39.1. The average molecular weight is 1460 g/mol. The van der Waals surface area contributed by atoms with E-state index in [0.29, 0.717) is 110 Å². The number of rotatable bonds is 73. The van der Waals surface area contributed by atoms with Gasteiger partial charge in [-0.3, -0.25) is 48.1 Å². The first-order chi connectivity index (χ1) is 50.0. The van der Waals surface area contributed by atoms with Gasteiger partial charge in [0.2, 0.25) is 29.5 Å². The molecule has 0 spiro atoms. The first-order valence-electron chi connectivity index (χ1n) is 39.5. The Kier molecular flexibility index (Phi) is 67.3. The van der Waals surface area contributed by atoms with Crippen molar-refractivity contribution in [3.05, 3.63) is 24.3 Å². The minimum Gasteiger partial charge on any atom is -0.464 e. The second-order valence-corrected chi connectivity index (χ2v) is 26.6. The van der Waals surface area contributed by atoms with Gasteiger partial charge in [-0.2, -0.15) is 0 Å². The van der Waals surface area contributed by atoms with Gasteiger partial charge in [0.15, 0.2) is 6.10 Å². The van der Waals surface area contributed by atoms with E-state index in [1.807, 2.05) is 4.90 Å². The van der Waals surface area contributed by atoms with E-state index in [2.05, 4.69) is 75.4 Å². The first-order valence-corrected chi connectivity index (χ1v) is 39.5. The molecule has 0 fully saturated rings. The Labute approximate surface area is 618 Å². The number of nitrogens with zero attached hydrogens (tertiary/aromatic N) is 1. The molecule has 0 bridgehead atoms. The number of nitrogens with two attached hydrogens (primary N) is 4. The van der Waals surface area contributed by atoms with E-state index >= 15 is 0 Å². The normalized spacial score (nSPS) is 12.5. The monoisotopic (exact) mass is 1460 g/mol. The summed E-state index contributed by atoms with van der Waals surface area (Å²) in [4.78, 5) is 131. The fraction of sp³-hybridized carbons (Fsp3) is 0.816. The second kappa shape index (κ2) is 71.5. The van der Waals surface area contributed by atoms with Crippen LogP contribution in [-0.4, -0.2) is 201 Å². The highest BCUT2D eigenvalue weighted by Gasteiger charge is 2.26. The minimum absolute atomic E-state index is 0.0201. The van der Waals surface area contributed by atoms with Crippen molar-refractivity contribution in [2.75, 3.05) is 112 Å². The summed E-state index contributed by atoms with van der Waals surface area (Å²) in [7, 11) is 1.73. The number of nitrogens with one attached hydrogen (secondary N) is 7. The maximum atomic E-state index is 13.9. The molecule has 0 heterocycles. The SMILES string of the molecule is CCCCCCCC/C=C\CCCCCCCC(=O)OC[C@H](COC(=O)C(CCCCNC(=O)CCC(=O)OCCNC)NC(=O)CCC(=O)OCCNC(=O)CNCCN(CCNC(=O)C(N)CCCN)CCNC(=O)C(N)CCCN)OC(=O)CCCCCCC/C=C\CCCCCCCC. The topological polar surface area (TPSA) is 408 Å². The standard InChI is InChI=1S/C76H142N12O15/c1-4-6-8-10-12-14-16-18-20-22-24-26-28-30-32-41-70(92)101-61-63(103-73(95)42-33-31-29-27-25-23-21-19-17-15-13-11-9-7-5-2)62-102-76(98)66(40-34-35-49-83-67(89)43-45-71(93)99-58-53-81-3)87-68(90)44-46-72(94)100-59-54-84-69(91)60-82-50-55-88(56-51-85-74(96)64(79)38-36-47-77)57-52-86-75(97)65(80)39-37-48-78/h18-21,63-66,81-82H,4-17,22-62,77-80H2,1-3H3,(H,83,89)(H,84,91)(H,85,96)(H,86,97)(H,87,90)/b20-18-,21-19-/t63-,64?,65?,66?/m1/s1. The second-order valence-electron chi connectivity index (χ2n) is 26.6. The molecule has 0 saturated heterocycles. The van der Waals surface area contributed by atoms with Gasteiger partial charge in [0.05, 0.1) is 38.0 Å². The maximum absolute atomic E-state index is 13.9. The summed E-state index contributed by atoms with van der Waals surface area (Å²) in [6, 6.07) is -2.60. The highest BCUT2D eigenvalue weighted by Crippen LogP contribution is 2.15. The largest absolute Gasteiger partial charge is 0.464 e. The van der Waals surface area contributed by atoms with Crippen LogP contribution in [0.3, 0.4) is 0 Å². The predicted octanol–water partition coefficient (Wildman–Crippen LogP) is 7.07. The lowest BCUT2D eigenvalue weighted by molar-refractivity contribution is -0.168. The predicted molar refractivity (Wildman–Crippen MR) is 405 cm³/mol. The number of ether oxygens (including phenoxy) is 5. The molecule has 0 aromatic carbocycles. The smallest absolute Gasteiger partial charge is 0.328 e. The van der Waals surface area contributed by atoms with Crippen molar-refractivity contribution < 1.29 is 71.6 Å². The highest BCUT2D eigenvalue weighted by molar-refractivity contribution is 5.86. The van der Waals surface area contributed by atoms with Gasteiger partial charge >= 0.3 is 29.8 Å². The number of carbonyl (C=O) groups is 10. The molecule has 0 saturated carbocycles. The Hall–Kier alpha value is -6.10. The van der Waals surface area contributed by atoms with Crippen LogP contribution in [0, 0.1) is 0 Å². The van der Waals surface area contributed by atoms with Gasteiger partial charge < -0.3 is 83.8 Å². The molecular formula is C76H142N12O15. The Morgan fingerprint density at radius 3 is 1.34 bits per heavy atom. The van der Waals surface area contributed by atoms with Gasteiger partial charge in [-0.1, -0.05) is 141 Å². The van der Waals surface area contributed by atoms with Crippen LogP contribution >= 0.6 is 0 Å². The molecule has 0 aliphatic carbocycles. The Morgan fingerprint density at radius 1 is 0.398 bits per heavy atom. The van der Waals surface area contributed by atoms with Crippen LogP contribution < -0.4 is 60.2 Å². The van der Waals surface area contributed by atoms with Gasteiger partial charge in [0.1, 0.15) is 32.5 Å². The molecule has 27 heteroatoms. The summed E-state index contributed by atoms with van der Waals surface area (Å²) in [5.74, 6) is -5.07. The van der Waals surface area contributed by atoms with E-state index in [-0.39, 0.29) is 108 Å². The first kappa shape index (κ1) is 96.9. The maximum Gasteiger partial charge on any atom is 0.328 e. The molecular weight excluding hydrogens is 1320 g/mol. The Morgan fingerprint density at radius 2 is 0.835 bits per heavy atom. The summed E-state index contributed by atoms with van der Waals surface area (Å²) in [6.45, 7) is 7.36. The fourth-order valence-electron chi connectivity index (χ4n) is 10.8. The summed E-state index contributed by atoms with van der Waals surface area (Å²) in [5, 5.41) is 19.7. The van der Waals surface area contributed by atoms with Crippen molar-refractivity contribution in [1.82, 2.24) is 42.1 Å². The molecule has 3 unspecified atom stereocenters. The molecule has 15 N–H and O–H groups in total. The number of carbonyl (C=O) groups excluding carboxylic acids is 10. The van der Waals surface area contributed by atoms with E-state index < -0.39 is 66.6 Å². The fourth-order valence-corrected chi connectivity index (χ4v) is 10.8. The van der Waals surface area contributed by atoms with Crippen LogP contribution in [0.4, 0.5) is 0 Å². The van der Waals surface area contributed by atoms with Crippen molar-refractivity contribution in [3.8, 4) is 0 Å². The lowest BCUT2D eigenvalue weighted by Crippen LogP contribution is -2.47. The van der Waals surface area contributed by atoms with Crippen LogP contribution in [0.25, 0.3) is 0 Å². The number of unbranched alkanes of at least 4 members (excludes halogenated alkanes) is 23. The molecule has 0 aliphatic heterocycles. The van der Waals surface area contributed by atoms with E-state index in [1.54, 1.807) is 7.05 Å². The molecule has 0 aromatic rings. The quantitative estimate of drug-likeness (QED) is 0.0125. The number of amides is 5. The van der Waals surface area contributed by atoms with E-state index in [4.69, 9.17) is 46.6 Å². The van der Waals surface area contributed by atoms with Crippen LogP contribution in [-0.2, 0) is 71.6 Å². The molecule has 0 aliphatic rings. The zero-order valence-corrected chi connectivity index (χ0v) is 63.9. The highest BCUT2D eigenvalue weighted by atomic mass is 16.6. The molecule has 5 amide bonds. The van der Waals surface area contributed by atoms with Gasteiger partial charge in [-0.15, -0.1) is 0 Å². The Bertz CT molecular complexity index is 2240. The minimum atomic E-state index is -1.23. The van der Waals surface area contributed by atoms with Crippen molar-refractivity contribution >= 4 is 59.4 Å². The van der Waals surface area contributed by atoms with Crippen LogP contribution in [0.2, 0.25) is 0 Å². The number of likely N-dealkylation sites (N-methyl/N-ethyl adjacent to an activating group) is 1. The van der Waals surface area contributed by atoms with Crippen LogP contribution in [0.5, 0.6) is 0 Å². The summed E-state index contributed by atoms with van der Waals surface area (Å²) >= 11 is 0. The van der Waals surface area contributed by atoms with Crippen molar-refractivity contribution in [2.24, 2.45) is 22.9 Å². The molecule has 27 nitrogen and oxygen atoms in total. The van der Waals surface area contributed by atoms with Gasteiger partial charge in [0.25, 0.3) is 0 Å². The lowest BCUT2D eigenvalue weighted by Gasteiger charge is -2.24. The zero-order valence-electron chi connectivity index (χ0n) is 63.9. The number of allylic oxidation sites excluding steroid dienone is 4. The molecule has 103 heavy (non-hydrogen) atoms. The third kappa shape index (κ3) is 64.0. The third-order valence-corrected chi connectivity index (χ3v) is 17.2. The van der Waals surface area contributed by atoms with Crippen LogP contribution in [0.1, 0.15) is 264 Å². The molecule has 596 valence electrons. The lowest BCUT2D eigenvalue weighted by atomic mass is 10.1. The molecule has 0 rings (SSSR count). The number of hydrogen-bond acceptors (Lipinski definition) is 22. The van der Waals surface area contributed by atoms with Crippen molar-refractivity contribution in [2.45, 2.75) is 288 Å². The van der Waals surface area contributed by atoms with Gasteiger partial charge in [-0.25, -0.2) is 4.79 Å². The van der Waals surface area contributed by atoms with Crippen LogP contribution in [0.15, 0.2) is 24.3 Å². The molecule has 0 radical (unpaired) electrons. The zero-order chi connectivity index (χ0) is 75.9. The summed E-state index contributed by atoms with van der Waals surface area (Å²) < 4.78 is 27.5. The van der Waals surface area contributed by atoms with Crippen molar-refractivity contribution in [1.29, 1.82) is 0 Å². The van der Waals surface area contributed by atoms with E-state index in [1.165, 1.54) is 77.0 Å². The van der Waals surface area contributed by atoms with E-state index in [9.17, 15) is 47.9 Å². The number of hydrogen-bond donors (Lipinski definition) is 11. The number of esters is 5. The van der Waals surface area contributed by atoms with E-state index in [0.717, 1.165) is 77.0 Å². The third-order valence-electron chi connectivity index (χ3n) is 17.2. The average Bonchev–Trinajstić information content (AvgIpc) is 1.08. The Balaban J connectivity index is 5.69. The molecule has 4 atom stereocenters. The van der Waals surface area contributed by atoms with Gasteiger partial charge in [0, 0.05) is 78.0 Å². The molecule has 0 aromatic heterocycles. The van der Waals surface area contributed by atoms with Gasteiger partial charge in [-0.05, 0) is 129 Å².